The van der Waals surface area contributed by atoms with E-state index in [9.17, 15) is 9.59 Å². The van der Waals surface area contributed by atoms with Crippen molar-refractivity contribution in [1.82, 2.24) is 0 Å². The normalized spacial score (nSPS) is 12.2. The van der Waals surface area contributed by atoms with E-state index in [2.05, 4.69) is 19.1 Å². The van der Waals surface area contributed by atoms with Crippen LogP contribution in [0.2, 0.25) is 0 Å². The summed E-state index contributed by atoms with van der Waals surface area (Å²) in [7, 11) is 0. The lowest BCUT2D eigenvalue weighted by molar-refractivity contribution is -0.153. The molecular formula is C36H68O4. The number of carboxylic acids is 1. The predicted octanol–water partition coefficient (Wildman–Crippen LogP) is 11.7. The molecule has 0 amide bonds. The molecule has 0 bridgehead atoms. The number of ether oxygens (including phenoxy) is 1. The molecule has 0 aromatic heterocycles. The minimum Gasteiger partial charge on any atom is -0.481 e. The van der Waals surface area contributed by atoms with E-state index in [-0.39, 0.29) is 12.4 Å². The summed E-state index contributed by atoms with van der Waals surface area (Å²) < 4.78 is 5.16. The molecule has 0 aliphatic carbocycles. The fourth-order valence-corrected chi connectivity index (χ4v) is 5.42. The van der Waals surface area contributed by atoms with Crippen LogP contribution in [-0.2, 0) is 14.3 Å². The average molecular weight is 565 g/mol. The Morgan fingerprint density at radius 3 is 1.30 bits per heavy atom. The van der Waals surface area contributed by atoms with Gasteiger partial charge in [-0.3, -0.25) is 9.59 Å². The lowest BCUT2D eigenvalue weighted by atomic mass is 9.97. The van der Waals surface area contributed by atoms with Crippen LogP contribution in [0.25, 0.3) is 0 Å². The number of hydrogen-bond donors (Lipinski definition) is 1. The highest BCUT2D eigenvalue weighted by Crippen LogP contribution is 2.18. The first-order valence-corrected chi connectivity index (χ1v) is 17.6. The Morgan fingerprint density at radius 2 is 0.925 bits per heavy atom. The molecule has 0 radical (unpaired) electrons. The maximum Gasteiger partial charge on any atom is 0.309 e. The van der Waals surface area contributed by atoms with Gasteiger partial charge in [-0.15, -0.1) is 0 Å². The van der Waals surface area contributed by atoms with Gasteiger partial charge in [-0.05, 0) is 38.5 Å². The van der Waals surface area contributed by atoms with Crippen molar-refractivity contribution in [2.75, 3.05) is 6.61 Å². The molecule has 0 aliphatic heterocycles. The van der Waals surface area contributed by atoms with E-state index in [0.717, 1.165) is 25.7 Å². The Balaban J connectivity index is 3.36. The number of hydrogen-bond acceptors (Lipinski definition) is 3. The summed E-state index contributed by atoms with van der Waals surface area (Å²) in [5.41, 5.74) is 0. The Labute approximate surface area is 249 Å². The molecular weight excluding hydrogens is 496 g/mol. The van der Waals surface area contributed by atoms with Crippen LogP contribution in [0.4, 0.5) is 0 Å². The Hall–Kier alpha value is -1.32. The van der Waals surface area contributed by atoms with Gasteiger partial charge in [0.1, 0.15) is 0 Å². The number of unbranched alkanes of at least 4 members (excludes halogenated alkanes) is 23. The first-order valence-electron chi connectivity index (χ1n) is 17.6. The number of aliphatic carboxylic acids is 1. The minimum atomic E-state index is -0.920. The summed E-state index contributed by atoms with van der Waals surface area (Å²) in [6.07, 6.45) is 39.6. The third-order valence-electron chi connectivity index (χ3n) is 8.02. The van der Waals surface area contributed by atoms with Gasteiger partial charge in [0.05, 0.1) is 18.9 Å². The molecule has 0 rings (SSSR count). The highest BCUT2D eigenvalue weighted by Gasteiger charge is 2.22. The van der Waals surface area contributed by atoms with Crippen molar-refractivity contribution in [2.24, 2.45) is 5.92 Å². The fraction of sp³-hybridized carbons (Fsp3) is 0.889. The van der Waals surface area contributed by atoms with Gasteiger partial charge in [0.2, 0.25) is 0 Å². The van der Waals surface area contributed by atoms with E-state index in [0.29, 0.717) is 13.0 Å². The van der Waals surface area contributed by atoms with Crippen LogP contribution >= 0.6 is 0 Å². The molecule has 0 aromatic carbocycles. The third-order valence-corrected chi connectivity index (χ3v) is 8.02. The van der Waals surface area contributed by atoms with Gasteiger partial charge in [0.15, 0.2) is 0 Å². The largest absolute Gasteiger partial charge is 0.481 e. The molecule has 0 aliphatic rings. The molecule has 0 saturated heterocycles. The summed E-state index contributed by atoms with van der Waals surface area (Å²) in [5.74, 6) is -1.75. The average Bonchev–Trinajstić information content (AvgIpc) is 2.94. The molecule has 0 heterocycles. The second kappa shape index (κ2) is 32.2. The van der Waals surface area contributed by atoms with Gasteiger partial charge < -0.3 is 9.84 Å². The van der Waals surface area contributed by atoms with Crippen LogP contribution in [0, 0.1) is 5.92 Å². The number of rotatable bonds is 32. The van der Waals surface area contributed by atoms with Gasteiger partial charge in [0, 0.05) is 0 Å². The number of carbonyl (C=O) groups excluding carboxylic acids is 1. The van der Waals surface area contributed by atoms with Gasteiger partial charge in [-0.2, -0.15) is 0 Å². The van der Waals surface area contributed by atoms with Crippen molar-refractivity contribution in [3.8, 4) is 0 Å². The Bertz CT molecular complexity index is 571. The molecule has 0 saturated carbocycles. The maximum atomic E-state index is 12.0. The number of carboxylic acid groups (broad SMARTS) is 1. The summed E-state index contributed by atoms with van der Waals surface area (Å²) in [4.78, 5) is 23.1. The summed E-state index contributed by atoms with van der Waals surface area (Å²) in [6.45, 7) is 4.61. The number of esters is 1. The smallest absolute Gasteiger partial charge is 0.309 e. The van der Waals surface area contributed by atoms with E-state index in [1.54, 1.807) is 0 Å². The molecule has 0 fully saturated rings. The first-order chi connectivity index (χ1) is 19.6. The molecule has 0 aromatic rings. The topological polar surface area (TPSA) is 63.6 Å². The summed E-state index contributed by atoms with van der Waals surface area (Å²) in [6, 6.07) is 0. The van der Waals surface area contributed by atoms with E-state index < -0.39 is 11.9 Å². The monoisotopic (exact) mass is 565 g/mol. The third kappa shape index (κ3) is 29.7. The summed E-state index contributed by atoms with van der Waals surface area (Å²) in [5, 5.41) is 9.05. The molecule has 40 heavy (non-hydrogen) atoms. The lowest BCUT2D eigenvalue weighted by Gasteiger charge is -2.13. The van der Waals surface area contributed by atoms with E-state index in [1.807, 2.05) is 6.92 Å². The van der Waals surface area contributed by atoms with Crippen molar-refractivity contribution in [3.05, 3.63) is 12.2 Å². The minimum absolute atomic E-state index is 0.117. The second-order valence-electron chi connectivity index (χ2n) is 12.1. The van der Waals surface area contributed by atoms with E-state index in [4.69, 9.17) is 9.84 Å². The van der Waals surface area contributed by atoms with Crippen LogP contribution < -0.4 is 0 Å². The zero-order chi connectivity index (χ0) is 29.4. The van der Waals surface area contributed by atoms with Crippen molar-refractivity contribution in [1.29, 1.82) is 0 Å². The zero-order valence-corrected chi connectivity index (χ0v) is 26.9. The molecule has 1 N–H and O–H groups in total. The molecule has 1 unspecified atom stereocenters. The van der Waals surface area contributed by atoms with Gasteiger partial charge in [0.25, 0.3) is 0 Å². The van der Waals surface area contributed by atoms with Gasteiger partial charge in [-0.1, -0.05) is 161 Å². The van der Waals surface area contributed by atoms with Gasteiger partial charge >= 0.3 is 11.9 Å². The van der Waals surface area contributed by atoms with Crippen LogP contribution in [0.5, 0.6) is 0 Å². The standard InChI is InChI=1S/C36H68O4/c1-3-5-6-7-8-9-10-11-12-13-14-15-16-17-18-19-20-21-22-23-24-25-26-27-28-29-30-31-34(33-35(37)38)36(39)40-32-4-2/h22-23,34H,3-21,24-33H2,1-2H3,(H,37,38)/b23-22+. The van der Waals surface area contributed by atoms with Crippen LogP contribution in [0.3, 0.4) is 0 Å². The second-order valence-corrected chi connectivity index (χ2v) is 12.1. The van der Waals surface area contributed by atoms with Gasteiger partial charge in [-0.25, -0.2) is 0 Å². The van der Waals surface area contributed by atoms with E-state index >= 15 is 0 Å². The van der Waals surface area contributed by atoms with Crippen LogP contribution in [0.15, 0.2) is 12.2 Å². The number of allylic oxidation sites excluding steroid dienone is 2. The van der Waals surface area contributed by atoms with Crippen molar-refractivity contribution >= 4 is 11.9 Å². The SMILES string of the molecule is CCCCCCCCCCCCCCCCCCC/C=C/CCCCCCCCC(CC(=O)O)C(=O)OCCC. The molecule has 0 spiro atoms. The van der Waals surface area contributed by atoms with Crippen LogP contribution in [0.1, 0.15) is 194 Å². The van der Waals surface area contributed by atoms with Crippen LogP contribution in [-0.4, -0.2) is 23.7 Å². The molecule has 4 nitrogen and oxygen atoms in total. The maximum absolute atomic E-state index is 12.0. The Kier molecular flexibility index (Phi) is 31.1. The lowest BCUT2D eigenvalue weighted by Crippen LogP contribution is -2.21. The molecule has 4 heteroatoms. The Morgan fingerprint density at radius 1 is 0.550 bits per heavy atom. The van der Waals surface area contributed by atoms with Crippen molar-refractivity contribution in [2.45, 2.75) is 194 Å². The predicted molar refractivity (Wildman–Crippen MR) is 172 cm³/mol. The number of carbonyl (C=O) groups is 2. The molecule has 236 valence electrons. The zero-order valence-electron chi connectivity index (χ0n) is 26.9. The quantitative estimate of drug-likeness (QED) is 0.0501. The van der Waals surface area contributed by atoms with Crippen molar-refractivity contribution in [3.63, 3.8) is 0 Å². The van der Waals surface area contributed by atoms with Crippen molar-refractivity contribution < 1.29 is 19.4 Å². The van der Waals surface area contributed by atoms with E-state index in [1.165, 1.54) is 141 Å². The fourth-order valence-electron chi connectivity index (χ4n) is 5.42. The summed E-state index contributed by atoms with van der Waals surface area (Å²) >= 11 is 0. The highest BCUT2D eigenvalue weighted by atomic mass is 16.5. The molecule has 1 atom stereocenters. The first kappa shape index (κ1) is 38.7. The highest BCUT2D eigenvalue weighted by molar-refractivity contribution is 5.79.